The maximum Gasteiger partial charge on any atom is 0.145 e. The van der Waals surface area contributed by atoms with Crippen LogP contribution in [0.4, 0.5) is 0 Å². The van der Waals surface area contributed by atoms with Crippen LogP contribution >= 0.6 is 31.9 Å². The average molecular weight is 614 g/mol. The predicted octanol–water partition coefficient (Wildman–Crippen LogP) is 8.14. The topological polar surface area (TPSA) is 44.9 Å². The summed E-state index contributed by atoms with van der Waals surface area (Å²) in [4.78, 5) is 5.11. The molecular formula is C30H22Br2N4O. The lowest BCUT2D eigenvalue weighted by Crippen LogP contribution is -2.03. The molecule has 0 aliphatic heterocycles. The molecule has 6 aromatic rings. The van der Waals surface area contributed by atoms with Gasteiger partial charge in [-0.15, -0.1) is 0 Å². The average Bonchev–Trinajstić information content (AvgIpc) is 3.53. The SMILES string of the molecule is COc1ccc(Cn2c(-c3cn(-c4ccccc4)nc3-c3ccc(Br)cc3)nc3ccccc32)c(Br)c1. The van der Waals surface area contributed by atoms with Crippen molar-refractivity contribution in [1.82, 2.24) is 19.3 Å². The van der Waals surface area contributed by atoms with Crippen LogP contribution in [0.25, 0.3) is 39.4 Å². The second-order valence-electron chi connectivity index (χ2n) is 8.65. The molecule has 0 radical (unpaired) electrons. The first-order valence-electron chi connectivity index (χ1n) is 11.8. The van der Waals surface area contributed by atoms with Crippen molar-refractivity contribution in [3.8, 4) is 34.1 Å². The summed E-state index contributed by atoms with van der Waals surface area (Å²) < 4.78 is 11.6. The number of hydrogen-bond donors (Lipinski definition) is 0. The molecule has 0 N–H and O–H groups in total. The first-order valence-corrected chi connectivity index (χ1v) is 13.4. The molecule has 0 bridgehead atoms. The van der Waals surface area contributed by atoms with Crippen molar-refractivity contribution in [3.05, 3.63) is 118 Å². The fourth-order valence-corrected chi connectivity index (χ4v) is 5.21. The van der Waals surface area contributed by atoms with E-state index in [0.29, 0.717) is 6.54 Å². The Morgan fingerprint density at radius 3 is 2.35 bits per heavy atom. The van der Waals surface area contributed by atoms with Crippen LogP contribution in [-0.4, -0.2) is 26.4 Å². The number of ether oxygens (including phenoxy) is 1. The number of para-hydroxylation sites is 3. The molecule has 0 aliphatic carbocycles. The second kappa shape index (κ2) is 10.00. The van der Waals surface area contributed by atoms with E-state index in [1.165, 1.54) is 0 Å². The lowest BCUT2D eigenvalue weighted by Gasteiger charge is -2.12. The molecule has 0 aliphatic rings. The van der Waals surface area contributed by atoms with E-state index in [-0.39, 0.29) is 0 Å². The largest absolute Gasteiger partial charge is 0.497 e. The highest BCUT2D eigenvalue weighted by Crippen LogP contribution is 2.35. The van der Waals surface area contributed by atoms with Crippen molar-refractivity contribution in [2.24, 2.45) is 0 Å². The summed E-state index contributed by atoms with van der Waals surface area (Å²) in [5, 5.41) is 5.04. The van der Waals surface area contributed by atoms with Crippen LogP contribution in [0.15, 0.2) is 112 Å². The van der Waals surface area contributed by atoms with E-state index in [1.807, 2.05) is 53.2 Å². The summed E-state index contributed by atoms with van der Waals surface area (Å²) >= 11 is 7.29. The van der Waals surface area contributed by atoms with E-state index < -0.39 is 0 Å². The van der Waals surface area contributed by atoms with Gasteiger partial charge in [0.25, 0.3) is 0 Å². The standard InChI is InChI=1S/C30H22Br2N4O/c1-37-24-16-13-21(26(32)17-24)18-35-28-10-6-5-9-27(28)33-30(35)25-19-36(23-7-3-2-4-8-23)34-29(25)20-11-14-22(31)15-12-20/h2-17,19H,18H2,1H3. The zero-order valence-electron chi connectivity index (χ0n) is 20.0. The molecule has 182 valence electrons. The van der Waals surface area contributed by atoms with Crippen LogP contribution in [0, 0.1) is 0 Å². The molecule has 7 heteroatoms. The van der Waals surface area contributed by atoms with E-state index in [9.17, 15) is 0 Å². The molecule has 2 aromatic heterocycles. The molecule has 0 atom stereocenters. The molecule has 4 aromatic carbocycles. The number of aromatic nitrogens is 4. The molecule has 0 spiro atoms. The summed E-state index contributed by atoms with van der Waals surface area (Å²) in [6.07, 6.45) is 2.08. The first kappa shape index (κ1) is 23.7. The van der Waals surface area contributed by atoms with Crippen LogP contribution in [0.2, 0.25) is 0 Å². The lowest BCUT2D eigenvalue weighted by atomic mass is 10.1. The summed E-state index contributed by atoms with van der Waals surface area (Å²) in [5.74, 6) is 1.68. The second-order valence-corrected chi connectivity index (χ2v) is 10.4. The third-order valence-corrected chi connectivity index (χ3v) is 7.60. The van der Waals surface area contributed by atoms with Crippen molar-refractivity contribution in [2.45, 2.75) is 6.54 Å². The Morgan fingerprint density at radius 1 is 0.838 bits per heavy atom. The van der Waals surface area contributed by atoms with Crippen molar-refractivity contribution < 1.29 is 4.74 Å². The quantitative estimate of drug-likeness (QED) is 0.190. The van der Waals surface area contributed by atoms with Crippen molar-refractivity contribution in [3.63, 3.8) is 0 Å². The molecule has 0 fully saturated rings. The Hall–Kier alpha value is -3.68. The zero-order chi connectivity index (χ0) is 25.4. The number of nitrogens with zero attached hydrogens (tertiary/aromatic N) is 4. The van der Waals surface area contributed by atoms with Crippen LogP contribution in [0.5, 0.6) is 5.75 Å². The van der Waals surface area contributed by atoms with E-state index in [0.717, 1.165) is 59.6 Å². The number of halogens is 2. The van der Waals surface area contributed by atoms with Gasteiger partial charge in [0.2, 0.25) is 0 Å². The molecule has 0 saturated carbocycles. The van der Waals surface area contributed by atoms with Crippen molar-refractivity contribution >= 4 is 42.9 Å². The van der Waals surface area contributed by atoms with Gasteiger partial charge in [0.1, 0.15) is 17.3 Å². The third-order valence-electron chi connectivity index (χ3n) is 6.34. The summed E-state index contributed by atoms with van der Waals surface area (Å²) in [5.41, 5.74) is 7.00. The van der Waals surface area contributed by atoms with E-state index in [1.54, 1.807) is 7.11 Å². The van der Waals surface area contributed by atoms with Crippen LogP contribution in [0.3, 0.4) is 0 Å². The number of imidazole rings is 1. The molecule has 0 unspecified atom stereocenters. The maximum absolute atomic E-state index is 5.40. The van der Waals surface area contributed by atoms with Gasteiger partial charge >= 0.3 is 0 Å². The van der Waals surface area contributed by atoms with Gasteiger partial charge in [-0.05, 0) is 54.1 Å². The predicted molar refractivity (Wildman–Crippen MR) is 155 cm³/mol. The summed E-state index contributed by atoms with van der Waals surface area (Å²) in [6.45, 7) is 0.636. The first-order chi connectivity index (χ1) is 18.1. The van der Waals surface area contributed by atoms with Gasteiger partial charge in [0.15, 0.2) is 0 Å². The molecular weight excluding hydrogens is 592 g/mol. The lowest BCUT2D eigenvalue weighted by molar-refractivity contribution is 0.414. The van der Waals surface area contributed by atoms with Gasteiger partial charge in [-0.25, -0.2) is 9.67 Å². The highest BCUT2D eigenvalue weighted by Gasteiger charge is 2.21. The Bertz CT molecular complexity index is 1710. The van der Waals surface area contributed by atoms with Gasteiger partial charge in [0, 0.05) is 20.7 Å². The van der Waals surface area contributed by atoms with Crippen LogP contribution in [-0.2, 0) is 6.54 Å². The van der Waals surface area contributed by atoms with Gasteiger partial charge in [-0.2, -0.15) is 5.10 Å². The van der Waals surface area contributed by atoms with Gasteiger partial charge in [-0.1, -0.05) is 80.4 Å². The minimum Gasteiger partial charge on any atom is -0.497 e. The smallest absolute Gasteiger partial charge is 0.145 e. The maximum atomic E-state index is 5.40. The van der Waals surface area contributed by atoms with Gasteiger partial charge in [0.05, 0.1) is 35.9 Å². The van der Waals surface area contributed by atoms with Crippen molar-refractivity contribution in [2.75, 3.05) is 7.11 Å². The molecule has 0 amide bonds. The fourth-order valence-electron chi connectivity index (χ4n) is 4.47. The highest BCUT2D eigenvalue weighted by atomic mass is 79.9. The number of fused-ring (bicyclic) bond motifs is 1. The van der Waals surface area contributed by atoms with E-state index >= 15 is 0 Å². The normalized spacial score (nSPS) is 11.2. The number of rotatable bonds is 6. The fraction of sp³-hybridized carbons (Fsp3) is 0.0667. The van der Waals surface area contributed by atoms with E-state index in [2.05, 4.69) is 91.2 Å². The Kier molecular flexibility index (Phi) is 6.40. The summed E-state index contributed by atoms with van der Waals surface area (Å²) in [6, 6.07) is 32.7. The number of benzene rings is 4. The molecule has 0 saturated heterocycles. The van der Waals surface area contributed by atoms with Crippen molar-refractivity contribution in [1.29, 1.82) is 0 Å². The Morgan fingerprint density at radius 2 is 1.59 bits per heavy atom. The Labute approximate surface area is 231 Å². The zero-order valence-corrected chi connectivity index (χ0v) is 23.1. The molecule has 6 rings (SSSR count). The minimum absolute atomic E-state index is 0.636. The monoisotopic (exact) mass is 612 g/mol. The summed E-state index contributed by atoms with van der Waals surface area (Å²) in [7, 11) is 1.68. The highest BCUT2D eigenvalue weighted by molar-refractivity contribution is 9.10. The van der Waals surface area contributed by atoms with E-state index in [4.69, 9.17) is 14.8 Å². The minimum atomic E-state index is 0.636. The number of hydrogen-bond acceptors (Lipinski definition) is 3. The van der Waals surface area contributed by atoms with Crippen LogP contribution in [0.1, 0.15) is 5.56 Å². The number of methoxy groups -OCH3 is 1. The molecule has 5 nitrogen and oxygen atoms in total. The van der Waals surface area contributed by atoms with Gasteiger partial charge < -0.3 is 9.30 Å². The molecule has 37 heavy (non-hydrogen) atoms. The Balaban J connectivity index is 1.57. The third kappa shape index (κ3) is 4.61. The van der Waals surface area contributed by atoms with Crippen LogP contribution < -0.4 is 4.74 Å². The van der Waals surface area contributed by atoms with Gasteiger partial charge in [-0.3, -0.25) is 0 Å². The molecule has 2 heterocycles.